The molecular weight excluding hydrogens is 1790 g/mol. The topological polar surface area (TPSA) is 165 Å². The molecule has 1 saturated heterocycles. The van der Waals surface area contributed by atoms with Crippen LogP contribution in [0.15, 0.2) is 182 Å². The molecule has 0 atom stereocenters. The van der Waals surface area contributed by atoms with Gasteiger partial charge in [-0.2, -0.15) is 15.8 Å². The van der Waals surface area contributed by atoms with Gasteiger partial charge in [-0.25, -0.2) is 0 Å². The number of nitrogen functional groups attached to an aromatic ring is 1. The molecule has 3 N–H and O–H groups in total. The van der Waals surface area contributed by atoms with Crippen molar-refractivity contribution in [2.24, 2.45) is 0 Å². The summed E-state index contributed by atoms with van der Waals surface area (Å²) < 4.78 is 7.69. The standard InChI is InChI=1S/C26H29N3O.C21H19ClN2O.C19H18N2.C12H15N.C9H13N.CH2I2.2CH3I.CH4/c1-18(2)21-9-12-23-24(15-21)29(22-10-7-20(16-27)8-11-22)19(3)26(23)25(30)17-28-13-5-4-6-14-28;1-13(2)16-6-9-18-19(10-16)24(14(3)21(18)20(25)11-22)17-7-4-15(12-23)5-8-17;1-13(2)16-6-7-17-10-14(3)21(19(17)11-16)18-8-4-15(12-20)5-9-18;1-8(2)10-4-5-11-6-9(3)13-12(11)7-10;1-7(2)8-4-3-5-9(10)6-8;2-1-3;2*1-2;/h7-12,15,18H,4-6,13-14,17H2,1-3H3;4-10,13H,11H2,1-3H3;4-11,13H,1-3H3;4-8,13H,1-3H3;3-7H,10H2,1-2H3;1H2;2*1H3;1H4. The fraction of sp³-hybridized carbons (Fsp3) is 0.330. The summed E-state index contributed by atoms with van der Waals surface area (Å²) in [7, 11) is 0. The highest BCUT2D eigenvalue weighted by Crippen LogP contribution is 2.36. The highest BCUT2D eigenvalue weighted by atomic mass is 127. The number of aryl methyl sites for hydroxylation is 2. The molecule has 8 aromatic carbocycles. The zero-order chi connectivity index (χ0) is 78.1. The van der Waals surface area contributed by atoms with Crippen LogP contribution < -0.4 is 5.73 Å². The monoisotopic (exact) mass is 1900 g/mol. The minimum atomic E-state index is -0.0751. The molecule has 0 bridgehead atoms. The Hall–Kier alpha value is -7.30. The van der Waals surface area contributed by atoms with Crippen LogP contribution in [-0.2, 0) is 0 Å². The van der Waals surface area contributed by atoms with Crippen molar-refractivity contribution >= 4 is 163 Å². The van der Waals surface area contributed by atoms with Crippen LogP contribution in [0.1, 0.15) is 214 Å². The van der Waals surface area contributed by atoms with Crippen molar-refractivity contribution < 1.29 is 9.59 Å². The van der Waals surface area contributed by atoms with Gasteiger partial charge in [-0.15, -0.1) is 11.6 Å². The molecule has 1 fully saturated rings. The molecule has 0 radical (unpaired) electrons. The maximum absolute atomic E-state index is 13.4. The quantitative estimate of drug-likeness (QED) is 0.0502. The number of nitrogens with one attached hydrogen (secondary N) is 1. The number of piperidine rings is 1. The molecule has 0 saturated carbocycles. The summed E-state index contributed by atoms with van der Waals surface area (Å²) in [6, 6.07) is 67.6. The maximum atomic E-state index is 13.4. The summed E-state index contributed by atoms with van der Waals surface area (Å²) in [5, 5.41) is 31.6. The number of benzene rings is 8. The Kier molecular flexibility index (Phi) is 37.5. The highest BCUT2D eigenvalue weighted by Gasteiger charge is 2.25. The summed E-state index contributed by atoms with van der Waals surface area (Å²) in [5.41, 5.74) is 28.2. The van der Waals surface area contributed by atoms with E-state index in [2.05, 4.69) is 300 Å². The van der Waals surface area contributed by atoms with Crippen LogP contribution in [0.3, 0.4) is 0 Å². The molecule has 107 heavy (non-hydrogen) atoms. The fourth-order valence-electron chi connectivity index (χ4n) is 13.1. The van der Waals surface area contributed by atoms with Crippen LogP contribution in [0.5, 0.6) is 0 Å². The number of nitrogens with zero attached hydrogens (tertiary/aromatic N) is 7. The van der Waals surface area contributed by atoms with Crippen LogP contribution in [0, 0.1) is 61.7 Å². The molecule has 562 valence electrons. The number of carbonyl (C=O) groups excluding carboxylic acids is 2. The summed E-state index contributed by atoms with van der Waals surface area (Å²) in [6.07, 6.45) is 3.62. The van der Waals surface area contributed by atoms with E-state index in [1.807, 2.05) is 109 Å². The molecule has 12 aromatic rings. The minimum Gasteiger partial charge on any atom is -0.399 e. The number of hydrogen-bond acceptors (Lipinski definition) is 7. The SMILES string of the molecule is C.CC(C)c1cccc(N)c1.CI.CI.Cc1c(C(=O)CCl)c2ccc(C(C)C)cc2n1-c1ccc(C#N)cc1.Cc1c(C(=O)CN2CCCCC2)c2ccc(C(C)C)cc2n1-c1ccc(C#N)cc1.Cc1cc2ccc(C(C)C)cc2[nH]1.Cc1cc2ccc(C(C)C)cc2n1-c1ccc(C#N)cc1.ICI. The van der Waals surface area contributed by atoms with E-state index in [0.29, 0.717) is 58.4 Å². The van der Waals surface area contributed by atoms with Crippen molar-refractivity contribution in [3.05, 3.63) is 260 Å². The third kappa shape index (κ3) is 23.9. The number of alkyl halides is 5. The van der Waals surface area contributed by atoms with E-state index in [0.717, 1.165) is 74.6 Å². The van der Waals surface area contributed by atoms with Crippen molar-refractivity contribution in [3.63, 3.8) is 0 Å². The fourth-order valence-corrected chi connectivity index (χ4v) is 13.2. The molecule has 0 amide bonds. The van der Waals surface area contributed by atoms with Crippen molar-refractivity contribution in [3.8, 4) is 35.3 Å². The first-order valence-electron chi connectivity index (χ1n) is 36.0. The average molecular weight is 1900 g/mol. The van der Waals surface area contributed by atoms with E-state index >= 15 is 0 Å². The number of likely N-dealkylation sites (tertiary alicyclic amines) is 1. The Morgan fingerprint density at radius 1 is 0.467 bits per heavy atom. The number of ketones is 2. The van der Waals surface area contributed by atoms with Crippen LogP contribution in [0.4, 0.5) is 5.69 Å². The first-order chi connectivity index (χ1) is 50.8. The Balaban J connectivity index is 0.000000243. The predicted molar refractivity (Wildman–Crippen MR) is 492 cm³/mol. The number of halogens is 5. The van der Waals surface area contributed by atoms with E-state index in [-0.39, 0.29) is 24.9 Å². The maximum Gasteiger partial charge on any atom is 0.180 e. The van der Waals surface area contributed by atoms with Crippen molar-refractivity contribution in [1.29, 1.82) is 15.8 Å². The molecule has 4 aromatic heterocycles. The van der Waals surface area contributed by atoms with Crippen LogP contribution in [0.2, 0.25) is 0 Å². The third-order valence-electron chi connectivity index (χ3n) is 18.8. The van der Waals surface area contributed by atoms with Crippen LogP contribution in [0.25, 0.3) is 60.7 Å². The minimum absolute atomic E-state index is 0. The van der Waals surface area contributed by atoms with E-state index in [1.165, 1.54) is 82.7 Å². The highest BCUT2D eigenvalue weighted by molar-refractivity contribution is 14.2. The molecule has 11 nitrogen and oxygen atoms in total. The molecule has 16 heteroatoms. The van der Waals surface area contributed by atoms with Gasteiger partial charge in [-0.1, -0.05) is 234 Å². The lowest BCUT2D eigenvalue weighted by molar-refractivity contribution is 0.0916. The van der Waals surface area contributed by atoms with Gasteiger partial charge in [0, 0.05) is 78.3 Å². The van der Waals surface area contributed by atoms with Crippen molar-refractivity contribution in [2.45, 2.75) is 153 Å². The van der Waals surface area contributed by atoms with Gasteiger partial charge in [0.15, 0.2) is 11.6 Å². The molecule has 13 rings (SSSR count). The van der Waals surface area contributed by atoms with Gasteiger partial charge in [0.25, 0.3) is 0 Å². The summed E-state index contributed by atoms with van der Waals surface area (Å²) in [6.45, 7) is 32.5. The van der Waals surface area contributed by atoms with Gasteiger partial charge in [-0.05, 0) is 248 Å². The molecule has 0 spiro atoms. The van der Waals surface area contributed by atoms with Crippen molar-refractivity contribution in [1.82, 2.24) is 23.6 Å². The second kappa shape index (κ2) is 44.4. The van der Waals surface area contributed by atoms with Gasteiger partial charge in [0.2, 0.25) is 0 Å². The number of aromatic nitrogens is 4. The first-order valence-corrected chi connectivity index (χ1v) is 43.9. The molecule has 1 aliphatic rings. The van der Waals surface area contributed by atoms with Gasteiger partial charge in [0.05, 0.1) is 66.3 Å². The van der Waals surface area contributed by atoms with E-state index in [1.54, 1.807) is 12.1 Å². The number of H-pyrrole nitrogens is 1. The second-order valence-corrected chi connectivity index (χ2v) is 32.4. The van der Waals surface area contributed by atoms with Crippen LogP contribution in [-0.4, -0.2) is 73.0 Å². The molecular formula is C91H106ClI4N9O2. The average Bonchev–Trinajstić information content (AvgIpc) is 1.61. The van der Waals surface area contributed by atoms with Crippen molar-refractivity contribution in [2.75, 3.05) is 43.5 Å². The molecule has 5 heterocycles. The normalized spacial score (nSPS) is 11.5. The number of hydrogen-bond donors (Lipinski definition) is 2. The number of nitriles is 3. The number of Topliss-reactive ketones (excluding diaryl/α,β-unsaturated/α-hetero) is 2. The lowest BCUT2D eigenvalue weighted by atomic mass is 9.99. The second-order valence-electron chi connectivity index (χ2n) is 27.7. The summed E-state index contributed by atoms with van der Waals surface area (Å²) in [4.78, 5) is 35.4. The van der Waals surface area contributed by atoms with Gasteiger partial charge >= 0.3 is 0 Å². The first kappa shape index (κ1) is 90.3. The number of carbonyl (C=O) groups is 2. The molecule has 1 aliphatic heterocycles. The Morgan fingerprint density at radius 2 is 0.841 bits per heavy atom. The number of nitrogens with two attached hydrogens (primary N) is 1. The zero-order valence-corrected chi connectivity index (χ0v) is 73.7. The predicted octanol–water partition coefficient (Wildman–Crippen LogP) is 26.4. The number of rotatable bonds is 13. The Bertz CT molecular complexity index is 4990. The van der Waals surface area contributed by atoms with Gasteiger partial charge in [-0.3, -0.25) is 14.5 Å². The van der Waals surface area contributed by atoms with E-state index in [9.17, 15) is 9.59 Å². The number of fused-ring (bicyclic) bond motifs is 4. The lowest BCUT2D eigenvalue weighted by Gasteiger charge is -2.25. The number of aromatic amines is 1. The van der Waals surface area contributed by atoms with Gasteiger partial charge < -0.3 is 24.4 Å². The smallest absolute Gasteiger partial charge is 0.180 e. The number of anilines is 1. The zero-order valence-electron chi connectivity index (χ0n) is 64.3. The third-order valence-corrected chi connectivity index (χ3v) is 19.0. The Morgan fingerprint density at radius 3 is 1.23 bits per heavy atom. The van der Waals surface area contributed by atoms with Crippen LogP contribution >= 0.6 is 102 Å². The van der Waals surface area contributed by atoms with E-state index in [4.69, 9.17) is 33.1 Å². The Labute approximate surface area is 697 Å². The van der Waals surface area contributed by atoms with E-state index < -0.39 is 0 Å². The molecule has 0 unspecified atom stereocenters. The summed E-state index contributed by atoms with van der Waals surface area (Å²) in [5.74, 6) is 2.57. The largest absolute Gasteiger partial charge is 0.399 e. The van der Waals surface area contributed by atoms with Gasteiger partial charge in [0.1, 0.15) is 0 Å². The lowest BCUT2D eigenvalue weighted by Crippen LogP contribution is -2.34. The summed E-state index contributed by atoms with van der Waals surface area (Å²) >= 11 is 14.7. The molecule has 0 aliphatic carbocycles.